The van der Waals surface area contributed by atoms with Gasteiger partial charge < -0.3 is 14.2 Å². The third-order valence-electron chi connectivity index (χ3n) is 4.92. The van der Waals surface area contributed by atoms with Crippen LogP contribution >= 0.6 is 0 Å². The number of methoxy groups -OCH3 is 1. The van der Waals surface area contributed by atoms with Gasteiger partial charge in [0.15, 0.2) is 0 Å². The van der Waals surface area contributed by atoms with Gasteiger partial charge in [-0.3, -0.25) is 15.1 Å². The SMILES string of the molecule is CONC(=COc1cccc(COc2ccc(CC(C#N)C(=O)OC)cc2)c1)c1ccccc1. The summed E-state index contributed by atoms with van der Waals surface area (Å²) in [4.78, 5) is 16.7. The van der Waals surface area contributed by atoms with E-state index in [9.17, 15) is 4.79 Å². The van der Waals surface area contributed by atoms with Gasteiger partial charge in [-0.25, -0.2) is 0 Å². The van der Waals surface area contributed by atoms with Gasteiger partial charge in [-0.1, -0.05) is 54.6 Å². The van der Waals surface area contributed by atoms with Crippen LogP contribution in [0.5, 0.6) is 11.5 Å². The maximum absolute atomic E-state index is 11.6. The van der Waals surface area contributed by atoms with Crippen molar-refractivity contribution in [1.29, 1.82) is 5.26 Å². The van der Waals surface area contributed by atoms with E-state index in [-0.39, 0.29) is 0 Å². The Hall–Kier alpha value is -4.28. The van der Waals surface area contributed by atoms with Crippen molar-refractivity contribution in [3.63, 3.8) is 0 Å². The lowest BCUT2D eigenvalue weighted by molar-refractivity contribution is -0.143. The Morgan fingerprint density at radius 1 is 0.971 bits per heavy atom. The second kappa shape index (κ2) is 12.7. The monoisotopic (exact) mass is 458 g/mol. The summed E-state index contributed by atoms with van der Waals surface area (Å²) in [6.45, 7) is 0.352. The van der Waals surface area contributed by atoms with Crippen LogP contribution in [0.4, 0.5) is 0 Å². The fraction of sp³-hybridized carbons (Fsp3) is 0.185. The molecule has 0 aliphatic rings. The quantitative estimate of drug-likeness (QED) is 0.254. The third kappa shape index (κ3) is 7.12. The summed E-state index contributed by atoms with van der Waals surface area (Å²) in [5.74, 6) is -0.0194. The zero-order chi connectivity index (χ0) is 24.2. The second-order valence-electron chi connectivity index (χ2n) is 7.31. The fourth-order valence-electron chi connectivity index (χ4n) is 3.16. The van der Waals surface area contributed by atoms with Crippen molar-refractivity contribution in [2.24, 2.45) is 5.92 Å². The van der Waals surface area contributed by atoms with E-state index >= 15 is 0 Å². The van der Waals surface area contributed by atoms with Crippen LogP contribution in [0.25, 0.3) is 5.70 Å². The van der Waals surface area contributed by atoms with Crippen molar-refractivity contribution < 1.29 is 23.8 Å². The standard InChI is InChI=1S/C27H26N2O5/c1-31-27(30)23(17-28)15-20-11-13-24(14-12-20)33-18-21-7-6-10-25(16-21)34-19-26(29-32-2)22-8-4-3-5-9-22/h3-14,16,19,23,29H,15,18H2,1-2H3. The molecule has 3 aromatic rings. The molecule has 0 aliphatic carbocycles. The lowest BCUT2D eigenvalue weighted by atomic mass is 10.0. The number of carbonyl (C=O) groups excluding carboxylic acids is 1. The van der Waals surface area contributed by atoms with Crippen molar-refractivity contribution in [1.82, 2.24) is 5.48 Å². The van der Waals surface area contributed by atoms with E-state index in [1.807, 2.05) is 84.9 Å². The predicted molar refractivity (Wildman–Crippen MR) is 127 cm³/mol. The Morgan fingerprint density at radius 2 is 1.74 bits per heavy atom. The molecule has 0 saturated heterocycles. The molecule has 174 valence electrons. The predicted octanol–water partition coefficient (Wildman–Crippen LogP) is 4.65. The number of carbonyl (C=O) groups is 1. The second-order valence-corrected chi connectivity index (χ2v) is 7.31. The molecular weight excluding hydrogens is 432 g/mol. The molecule has 0 heterocycles. The molecule has 7 heteroatoms. The normalized spacial score (nSPS) is 11.7. The number of benzene rings is 3. The summed E-state index contributed by atoms with van der Waals surface area (Å²) in [5, 5.41) is 9.13. The molecule has 0 aliphatic heterocycles. The first-order chi connectivity index (χ1) is 16.6. The van der Waals surface area contributed by atoms with Crippen LogP contribution < -0.4 is 15.0 Å². The van der Waals surface area contributed by atoms with Gasteiger partial charge in [0, 0.05) is 5.56 Å². The van der Waals surface area contributed by atoms with Gasteiger partial charge >= 0.3 is 5.97 Å². The molecule has 1 unspecified atom stereocenters. The number of hydroxylamine groups is 1. The van der Waals surface area contributed by atoms with Crippen LogP contribution in [0.3, 0.4) is 0 Å². The van der Waals surface area contributed by atoms with Crippen LogP contribution in [0.1, 0.15) is 16.7 Å². The first-order valence-electron chi connectivity index (χ1n) is 10.6. The van der Waals surface area contributed by atoms with Crippen molar-refractivity contribution in [3.05, 3.63) is 102 Å². The van der Waals surface area contributed by atoms with E-state index in [0.717, 1.165) is 16.7 Å². The van der Waals surface area contributed by atoms with Crippen LogP contribution in [0.15, 0.2) is 85.1 Å². The van der Waals surface area contributed by atoms with E-state index < -0.39 is 11.9 Å². The third-order valence-corrected chi connectivity index (χ3v) is 4.92. The number of ether oxygens (including phenoxy) is 3. The van der Waals surface area contributed by atoms with E-state index in [1.54, 1.807) is 13.4 Å². The Balaban J connectivity index is 1.59. The zero-order valence-corrected chi connectivity index (χ0v) is 19.1. The molecule has 0 bridgehead atoms. The highest BCUT2D eigenvalue weighted by atomic mass is 16.6. The number of hydrogen-bond donors (Lipinski definition) is 1. The molecular formula is C27H26N2O5. The highest BCUT2D eigenvalue weighted by molar-refractivity contribution is 5.75. The molecule has 0 radical (unpaired) electrons. The molecule has 0 aromatic heterocycles. The molecule has 1 N–H and O–H groups in total. The van der Waals surface area contributed by atoms with E-state index in [4.69, 9.17) is 19.6 Å². The minimum atomic E-state index is -0.824. The van der Waals surface area contributed by atoms with E-state index in [1.165, 1.54) is 7.11 Å². The molecule has 0 saturated carbocycles. The molecule has 0 fully saturated rings. The van der Waals surface area contributed by atoms with Gasteiger partial charge in [0.1, 0.15) is 36.0 Å². The molecule has 1 atom stereocenters. The minimum absolute atomic E-state index is 0.291. The highest BCUT2D eigenvalue weighted by Gasteiger charge is 2.18. The van der Waals surface area contributed by atoms with Crippen molar-refractivity contribution in [2.75, 3.05) is 14.2 Å². The number of hydrogen-bond acceptors (Lipinski definition) is 7. The summed E-state index contributed by atoms with van der Waals surface area (Å²) < 4.78 is 16.4. The van der Waals surface area contributed by atoms with Crippen LogP contribution in [-0.2, 0) is 27.4 Å². The van der Waals surface area contributed by atoms with Gasteiger partial charge in [0.25, 0.3) is 0 Å². The minimum Gasteiger partial charge on any atom is -0.489 e. The number of nitrogens with one attached hydrogen (secondary N) is 1. The molecule has 7 nitrogen and oxygen atoms in total. The van der Waals surface area contributed by atoms with Gasteiger partial charge in [-0.15, -0.1) is 0 Å². The topological polar surface area (TPSA) is 89.8 Å². The molecule has 3 aromatic carbocycles. The lowest BCUT2D eigenvalue weighted by Gasteiger charge is -2.11. The number of rotatable bonds is 11. The van der Waals surface area contributed by atoms with Crippen molar-refractivity contribution in [2.45, 2.75) is 13.0 Å². The van der Waals surface area contributed by atoms with Gasteiger partial charge in [0.05, 0.1) is 20.3 Å². The van der Waals surface area contributed by atoms with Crippen LogP contribution in [-0.4, -0.2) is 20.2 Å². The Bertz CT molecular complexity index is 1140. The maximum atomic E-state index is 11.6. The zero-order valence-electron chi connectivity index (χ0n) is 19.1. The van der Waals surface area contributed by atoms with Crippen molar-refractivity contribution >= 4 is 11.7 Å². The molecule has 3 rings (SSSR count). The van der Waals surface area contributed by atoms with Crippen LogP contribution in [0, 0.1) is 17.2 Å². The lowest BCUT2D eigenvalue weighted by Crippen LogP contribution is -2.16. The smallest absolute Gasteiger partial charge is 0.323 e. The largest absolute Gasteiger partial charge is 0.489 e. The molecule has 34 heavy (non-hydrogen) atoms. The summed E-state index contributed by atoms with van der Waals surface area (Å²) in [6.07, 6.45) is 1.89. The van der Waals surface area contributed by atoms with Crippen molar-refractivity contribution in [3.8, 4) is 17.6 Å². The Labute approximate surface area is 199 Å². The highest BCUT2D eigenvalue weighted by Crippen LogP contribution is 2.20. The first-order valence-corrected chi connectivity index (χ1v) is 10.6. The fourth-order valence-corrected chi connectivity index (χ4v) is 3.16. The van der Waals surface area contributed by atoms with E-state index in [2.05, 4.69) is 10.2 Å². The van der Waals surface area contributed by atoms with Crippen LogP contribution in [0.2, 0.25) is 0 Å². The maximum Gasteiger partial charge on any atom is 0.323 e. The average Bonchev–Trinajstić information content (AvgIpc) is 2.89. The Morgan fingerprint density at radius 3 is 2.41 bits per heavy atom. The summed E-state index contributed by atoms with van der Waals surface area (Å²) in [6, 6.07) is 26.6. The number of nitrogens with zero attached hydrogens (tertiary/aromatic N) is 1. The van der Waals surface area contributed by atoms with Gasteiger partial charge in [-0.2, -0.15) is 5.26 Å². The van der Waals surface area contributed by atoms with E-state index in [0.29, 0.717) is 30.2 Å². The number of nitriles is 1. The molecule has 0 spiro atoms. The summed E-state index contributed by atoms with van der Waals surface area (Å²) >= 11 is 0. The van der Waals surface area contributed by atoms with Gasteiger partial charge in [-0.05, 0) is 41.8 Å². The summed E-state index contributed by atoms with van der Waals surface area (Å²) in [5.41, 5.74) is 6.24. The summed E-state index contributed by atoms with van der Waals surface area (Å²) in [7, 11) is 2.82. The Kier molecular flexibility index (Phi) is 9.09. The van der Waals surface area contributed by atoms with Gasteiger partial charge in [0.2, 0.25) is 0 Å². The average molecular weight is 459 g/mol. The number of esters is 1. The molecule has 0 amide bonds. The first kappa shape index (κ1) is 24.4.